The van der Waals surface area contributed by atoms with Gasteiger partial charge in [0.15, 0.2) is 0 Å². The van der Waals surface area contributed by atoms with E-state index >= 15 is 0 Å². The number of aliphatic carboxylic acids is 2. The lowest BCUT2D eigenvalue weighted by Crippen LogP contribution is -2.41. The van der Waals surface area contributed by atoms with Crippen LogP contribution in [0.2, 0.25) is 0 Å². The summed E-state index contributed by atoms with van der Waals surface area (Å²) in [6.07, 6.45) is 0.812. The van der Waals surface area contributed by atoms with E-state index in [2.05, 4.69) is 5.32 Å². The largest absolute Gasteiger partial charge is 0.481 e. The fraction of sp³-hybridized carbons (Fsp3) is 0.364. The van der Waals surface area contributed by atoms with Crippen molar-refractivity contribution >= 4 is 17.8 Å². The lowest BCUT2D eigenvalue weighted by atomic mass is 10.1. The van der Waals surface area contributed by atoms with Crippen molar-refractivity contribution in [1.82, 2.24) is 5.32 Å². The topological polar surface area (TPSA) is 117 Å². The molecule has 0 saturated heterocycles. The van der Waals surface area contributed by atoms with Gasteiger partial charge in [0.25, 0.3) is 5.91 Å². The molecule has 1 amide bonds. The molecule has 0 aromatic carbocycles. The Morgan fingerprint density at radius 1 is 1.39 bits per heavy atom. The Labute approximate surface area is 102 Å². The Balaban J connectivity index is 2.67. The summed E-state index contributed by atoms with van der Waals surface area (Å²) >= 11 is 0. The fourth-order valence-corrected chi connectivity index (χ4v) is 1.38. The van der Waals surface area contributed by atoms with Crippen LogP contribution in [0.25, 0.3) is 0 Å². The molecule has 0 aliphatic heterocycles. The zero-order chi connectivity index (χ0) is 13.7. The van der Waals surface area contributed by atoms with Gasteiger partial charge in [-0.05, 0) is 19.4 Å². The number of nitrogens with one attached hydrogen (secondary N) is 1. The van der Waals surface area contributed by atoms with Crippen LogP contribution in [-0.4, -0.2) is 34.1 Å². The first kappa shape index (κ1) is 13.8. The molecule has 0 aliphatic rings. The van der Waals surface area contributed by atoms with Gasteiger partial charge in [0.1, 0.15) is 11.8 Å². The molecule has 18 heavy (non-hydrogen) atoms. The summed E-state index contributed by atoms with van der Waals surface area (Å²) in [7, 11) is 0. The first-order chi connectivity index (χ1) is 8.41. The molecule has 0 fully saturated rings. The molecule has 7 heteroatoms. The van der Waals surface area contributed by atoms with E-state index in [1.54, 1.807) is 6.92 Å². The Hall–Kier alpha value is -2.31. The molecule has 98 valence electrons. The van der Waals surface area contributed by atoms with E-state index in [0.717, 1.165) is 0 Å². The van der Waals surface area contributed by atoms with Crippen LogP contribution < -0.4 is 5.32 Å². The minimum absolute atomic E-state index is 0.173. The van der Waals surface area contributed by atoms with E-state index in [-0.39, 0.29) is 18.4 Å². The van der Waals surface area contributed by atoms with Crippen LogP contribution in [0.3, 0.4) is 0 Å². The van der Waals surface area contributed by atoms with Crippen molar-refractivity contribution < 1.29 is 29.0 Å². The lowest BCUT2D eigenvalue weighted by molar-refractivity contribution is -0.140. The molecule has 0 saturated carbocycles. The van der Waals surface area contributed by atoms with Gasteiger partial charge in [0, 0.05) is 6.42 Å². The predicted octanol–water partition coefficient (Wildman–Crippen LogP) is 0.636. The van der Waals surface area contributed by atoms with Crippen LogP contribution in [0.5, 0.6) is 0 Å². The van der Waals surface area contributed by atoms with Crippen molar-refractivity contribution in [3.63, 3.8) is 0 Å². The van der Waals surface area contributed by atoms with Gasteiger partial charge in [-0.3, -0.25) is 9.59 Å². The van der Waals surface area contributed by atoms with Gasteiger partial charge in [0.2, 0.25) is 0 Å². The van der Waals surface area contributed by atoms with Gasteiger partial charge in [-0.15, -0.1) is 0 Å². The smallest absolute Gasteiger partial charge is 0.326 e. The molecule has 1 aromatic heterocycles. The van der Waals surface area contributed by atoms with E-state index in [4.69, 9.17) is 14.6 Å². The van der Waals surface area contributed by atoms with E-state index in [1.807, 2.05) is 0 Å². The molecule has 0 bridgehead atoms. The SMILES string of the molecule is Cc1occc1C(=O)N[C@H](CCC(=O)O)C(=O)O. The number of hydrogen-bond acceptors (Lipinski definition) is 4. The second-order valence-corrected chi connectivity index (χ2v) is 3.69. The van der Waals surface area contributed by atoms with E-state index in [0.29, 0.717) is 5.76 Å². The highest BCUT2D eigenvalue weighted by atomic mass is 16.4. The summed E-state index contributed by atoms with van der Waals surface area (Å²) in [5.41, 5.74) is 0.233. The van der Waals surface area contributed by atoms with Crippen LogP contribution in [-0.2, 0) is 9.59 Å². The monoisotopic (exact) mass is 255 g/mol. The van der Waals surface area contributed by atoms with Crippen LogP contribution in [0.15, 0.2) is 16.7 Å². The standard InChI is InChI=1S/C11H13NO6/c1-6-7(4-5-18-6)10(15)12-8(11(16)17)2-3-9(13)14/h4-5,8H,2-3H2,1H3,(H,12,15)(H,13,14)(H,16,17)/t8-/m1/s1. The van der Waals surface area contributed by atoms with Gasteiger partial charge in [0.05, 0.1) is 11.8 Å². The summed E-state index contributed by atoms with van der Waals surface area (Å²) in [6.45, 7) is 1.57. The summed E-state index contributed by atoms with van der Waals surface area (Å²) < 4.78 is 4.92. The highest BCUT2D eigenvalue weighted by Gasteiger charge is 2.22. The summed E-state index contributed by atoms with van der Waals surface area (Å²) in [5.74, 6) is -2.62. The third-order valence-corrected chi connectivity index (χ3v) is 2.35. The number of aryl methyl sites for hydroxylation is 1. The molecule has 1 aromatic rings. The molecule has 0 unspecified atom stereocenters. The lowest BCUT2D eigenvalue weighted by Gasteiger charge is -2.12. The van der Waals surface area contributed by atoms with E-state index in [1.165, 1.54) is 12.3 Å². The first-order valence-corrected chi connectivity index (χ1v) is 5.21. The van der Waals surface area contributed by atoms with Crippen molar-refractivity contribution in [1.29, 1.82) is 0 Å². The number of amides is 1. The molecular formula is C11H13NO6. The van der Waals surface area contributed by atoms with Crippen LogP contribution in [0.1, 0.15) is 29.0 Å². The second kappa shape index (κ2) is 5.85. The van der Waals surface area contributed by atoms with Crippen molar-refractivity contribution in [2.24, 2.45) is 0 Å². The normalized spacial score (nSPS) is 11.8. The summed E-state index contributed by atoms with van der Waals surface area (Å²) in [6, 6.07) is 0.184. The maximum absolute atomic E-state index is 11.7. The molecule has 1 heterocycles. The third-order valence-electron chi connectivity index (χ3n) is 2.35. The van der Waals surface area contributed by atoms with Gasteiger partial charge < -0.3 is 19.9 Å². The van der Waals surface area contributed by atoms with Crippen molar-refractivity contribution in [2.45, 2.75) is 25.8 Å². The molecular weight excluding hydrogens is 242 g/mol. The van der Waals surface area contributed by atoms with Crippen LogP contribution in [0, 0.1) is 6.92 Å². The first-order valence-electron chi connectivity index (χ1n) is 5.21. The van der Waals surface area contributed by atoms with Crippen LogP contribution >= 0.6 is 0 Å². The molecule has 0 radical (unpaired) electrons. The van der Waals surface area contributed by atoms with Gasteiger partial charge in [-0.2, -0.15) is 0 Å². The second-order valence-electron chi connectivity index (χ2n) is 3.69. The minimum atomic E-state index is -1.27. The number of hydrogen-bond donors (Lipinski definition) is 3. The highest BCUT2D eigenvalue weighted by molar-refractivity contribution is 5.97. The number of furan rings is 1. The number of carbonyl (C=O) groups is 3. The van der Waals surface area contributed by atoms with Gasteiger partial charge in [-0.25, -0.2) is 4.79 Å². The quantitative estimate of drug-likeness (QED) is 0.686. The average molecular weight is 255 g/mol. The Kier molecular flexibility index (Phi) is 4.47. The van der Waals surface area contributed by atoms with Crippen LogP contribution in [0.4, 0.5) is 0 Å². The highest BCUT2D eigenvalue weighted by Crippen LogP contribution is 2.09. The zero-order valence-electron chi connectivity index (χ0n) is 9.67. The van der Waals surface area contributed by atoms with Gasteiger partial charge in [-0.1, -0.05) is 0 Å². The van der Waals surface area contributed by atoms with Gasteiger partial charge >= 0.3 is 11.9 Å². The maximum Gasteiger partial charge on any atom is 0.326 e. The third kappa shape index (κ3) is 3.62. The minimum Gasteiger partial charge on any atom is -0.481 e. The Morgan fingerprint density at radius 3 is 2.50 bits per heavy atom. The number of rotatable bonds is 6. The molecule has 1 atom stereocenters. The Morgan fingerprint density at radius 2 is 2.06 bits per heavy atom. The molecule has 3 N–H and O–H groups in total. The van der Waals surface area contributed by atoms with Crippen molar-refractivity contribution in [2.75, 3.05) is 0 Å². The maximum atomic E-state index is 11.7. The summed E-state index contributed by atoms with van der Waals surface area (Å²) in [4.78, 5) is 32.9. The molecule has 0 spiro atoms. The summed E-state index contributed by atoms with van der Waals surface area (Å²) in [5, 5.41) is 19.6. The average Bonchev–Trinajstić information content (AvgIpc) is 2.69. The fourth-order valence-electron chi connectivity index (χ4n) is 1.38. The van der Waals surface area contributed by atoms with Crippen molar-refractivity contribution in [3.05, 3.63) is 23.7 Å². The molecule has 0 aliphatic carbocycles. The number of carboxylic acid groups (broad SMARTS) is 2. The zero-order valence-corrected chi connectivity index (χ0v) is 9.67. The Bertz CT molecular complexity index is 464. The number of carbonyl (C=O) groups excluding carboxylic acids is 1. The number of carboxylic acids is 2. The molecule has 1 rings (SSSR count). The molecule has 7 nitrogen and oxygen atoms in total. The van der Waals surface area contributed by atoms with E-state index in [9.17, 15) is 14.4 Å². The van der Waals surface area contributed by atoms with E-state index < -0.39 is 23.9 Å². The predicted molar refractivity (Wildman–Crippen MR) is 59.2 cm³/mol. The van der Waals surface area contributed by atoms with Crippen molar-refractivity contribution in [3.8, 4) is 0 Å².